The van der Waals surface area contributed by atoms with Gasteiger partial charge in [-0.15, -0.1) is 24.0 Å². The van der Waals surface area contributed by atoms with Gasteiger partial charge in [0.25, 0.3) is 0 Å². The Morgan fingerprint density at radius 2 is 2.00 bits per heavy atom. The molecule has 2 fully saturated rings. The molecule has 0 bridgehead atoms. The summed E-state index contributed by atoms with van der Waals surface area (Å²) >= 11 is 0. The summed E-state index contributed by atoms with van der Waals surface area (Å²) in [6, 6.07) is 0.195. The number of nitrogens with zero attached hydrogens (tertiary/aromatic N) is 3. The van der Waals surface area contributed by atoms with Crippen LogP contribution in [-0.4, -0.2) is 92.5 Å². The molecule has 0 aromatic heterocycles. The fraction of sp³-hybridized carbons (Fsp3) is 0.882. The Kier molecular flexibility index (Phi) is 9.39. The van der Waals surface area contributed by atoms with Crippen LogP contribution in [0.2, 0.25) is 0 Å². The number of aliphatic imine (C=N–C) groups is 1. The smallest absolute Gasteiger partial charge is 0.410 e. The number of likely N-dealkylation sites (N-methyl/N-ethyl adjacent to an activating group) is 1. The topological polar surface area (TPSA) is 78.4 Å². The van der Waals surface area contributed by atoms with Crippen LogP contribution in [0.15, 0.2) is 4.99 Å². The SMILES string of the molecule is CCNC(=NCC1CN(C)CCO1)NC1CN(C(=O)OC(C)(C)C)C1.I. The lowest BCUT2D eigenvalue weighted by Crippen LogP contribution is -2.63. The fourth-order valence-corrected chi connectivity index (χ4v) is 2.73. The van der Waals surface area contributed by atoms with E-state index in [1.807, 2.05) is 27.7 Å². The van der Waals surface area contributed by atoms with E-state index in [-0.39, 0.29) is 42.2 Å². The molecule has 0 aromatic rings. The highest BCUT2D eigenvalue weighted by atomic mass is 127. The quantitative estimate of drug-likeness (QED) is 0.355. The Bertz CT molecular complexity index is 478. The molecule has 0 aromatic carbocycles. The molecule has 26 heavy (non-hydrogen) atoms. The van der Waals surface area contributed by atoms with Crippen molar-refractivity contribution in [1.82, 2.24) is 20.4 Å². The van der Waals surface area contributed by atoms with E-state index in [9.17, 15) is 4.79 Å². The van der Waals surface area contributed by atoms with Crippen molar-refractivity contribution >= 4 is 36.0 Å². The van der Waals surface area contributed by atoms with Crippen molar-refractivity contribution in [2.75, 3.05) is 52.9 Å². The molecule has 2 saturated heterocycles. The van der Waals surface area contributed by atoms with Gasteiger partial charge in [0.1, 0.15) is 5.60 Å². The molecule has 0 aliphatic carbocycles. The lowest BCUT2D eigenvalue weighted by Gasteiger charge is -2.40. The predicted molar refractivity (Wildman–Crippen MR) is 113 cm³/mol. The van der Waals surface area contributed by atoms with Gasteiger partial charge < -0.3 is 29.9 Å². The maximum Gasteiger partial charge on any atom is 0.410 e. The standard InChI is InChI=1S/C17H33N5O3.HI/c1-6-18-15(19-9-14-12-21(5)7-8-24-14)20-13-10-22(11-13)16(23)25-17(2,3)4;/h13-14H,6-12H2,1-5H3,(H2,18,19,20);1H. The largest absolute Gasteiger partial charge is 0.444 e. The number of morpholine rings is 1. The molecule has 2 N–H and O–H groups in total. The second kappa shape index (κ2) is 10.5. The van der Waals surface area contributed by atoms with Crippen LogP contribution in [0.25, 0.3) is 0 Å². The van der Waals surface area contributed by atoms with Crippen LogP contribution in [0.1, 0.15) is 27.7 Å². The van der Waals surface area contributed by atoms with E-state index in [2.05, 4.69) is 27.6 Å². The Balaban J connectivity index is 0.00000338. The first kappa shape index (κ1) is 23.2. The average Bonchev–Trinajstić information content (AvgIpc) is 2.46. The molecule has 1 unspecified atom stereocenters. The van der Waals surface area contributed by atoms with Gasteiger partial charge in [0.05, 0.1) is 25.3 Å². The summed E-state index contributed by atoms with van der Waals surface area (Å²) in [4.78, 5) is 20.6. The molecule has 2 aliphatic rings. The lowest BCUT2D eigenvalue weighted by molar-refractivity contribution is -0.0136. The fourth-order valence-electron chi connectivity index (χ4n) is 2.73. The molecule has 1 amide bonds. The Hall–Kier alpha value is -0.810. The summed E-state index contributed by atoms with van der Waals surface area (Å²) in [7, 11) is 2.10. The van der Waals surface area contributed by atoms with Gasteiger partial charge in [-0.05, 0) is 34.7 Å². The van der Waals surface area contributed by atoms with Crippen LogP contribution in [-0.2, 0) is 9.47 Å². The molecular formula is C17H34IN5O3. The maximum atomic E-state index is 12.0. The van der Waals surface area contributed by atoms with Gasteiger partial charge in [-0.3, -0.25) is 4.99 Å². The minimum Gasteiger partial charge on any atom is -0.444 e. The molecule has 2 heterocycles. The Morgan fingerprint density at radius 1 is 1.31 bits per heavy atom. The molecule has 0 radical (unpaired) electrons. The Morgan fingerprint density at radius 3 is 2.58 bits per heavy atom. The summed E-state index contributed by atoms with van der Waals surface area (Å²) in [5.74, 6) is 0.771. The molecule has 9 heteroatoms. The number of likely N-dealkylation sites (tertiary alicyclic amines) is 1. The van der Waals surface area contributed by atoms with Crippen LogP contribution in [0.5, 0.6) is 0 Å². The van der Waals surface area contributed by atoms with Crippen molar-refractivity contribution < 1.29 is 14.3 Å². The first-order valence-corrected chi connectivity index (χ1v) is 9.09. The maximum absolute atomic E-state index is 12.0. The third-order valence-corrected chi connectivity index (χ3v) is 4.01. The molecule has 8 nitrogen and oxygen atoms in total. The van der Waals surface area contributed by atoms with Gasteiger partial charge in [0.15, 0.2) is 5.96 Å². The predicted octanol–water partition coefficient (Wildman–Crippen LogP) is 1.11. The van der Waals surface area contributed by atoms with Gasteiger partial charge in [-0.1, -0.05) is 0 Å². The number of carbonyl (C=O) groups is 1. The minimum atomic E-state index is -0.459. The van der Waals surface area contributed by atoms with Crippen molar-refractivity contribution in [3.8, 4) is 0 Å². The number of hydrogen-bond acceptors (Lipinski definition) is 5. The lowest BCUT2D eigenvalue weighted by atomic mass is 10.1. The molecule has 0 spiro atoms. The number of ether oxygens (including phenoxy) is 2. The van der Waals surface area contributed by atoms with E-state index in [1.54, 1.807) is 4.90 Å². The number of amides is 1. The molecule has 2 rings (SSSR count). The van der Waals surface area contributed by atoms with Crippen LogP contribution in [0.4, 0.5) is 4.79 Å². The van der Waals surface area contributed by atoms with Gasteiger partial charge in [0, 0.05) is 32.7 Å². The zero-order valence-electron chi connectivity index (χ0n) is 16.6. The van der Waals surface area contributed by atoms with Crippen LogP contribution in [0.3, 0.4) is 0 Å². The van der Waals surface area contributed by atoms with E-state index >= 15 is 0 Å². The third-order valence-electron chi connectivity index (χ3n) is 4.01. The molecule has 152 valence electrons. The van der Waals surface area contributed by atoms with Crippen LogP contribution >= 0.6 is 24.0 Å². The Labute approximate surface area is 174 Å². The second-order valence-electron chi connectivity index (χ2n) is 7.70. The van der Waals surface area contributed by atoms with Crippen molar-refractivity contribution in [2.24, 2.45) is 4.99 Å². The van der Waals surface area contributed by atoms with Crippen LogP contribution < -0.4 is 10.6 Å². The number of carbonyl (C=O) groups excluding carboxylic acids is 1. The summed E-state index contributed by atoms with van der Waals surface area (Å²) in [5, 5.41) is 6.62. The molecular weight excluding hydrogens is 449 g/mol. The first-order chi connectivity index (χ1) is 11.8. The van der Waals surface area contributed by atoms with E-state index in [4.69, 9.17) is 9.47 Å². The van der Waals surface area contributed by atoms with Gasteiger partial charge in [0.2, 0.25) is 0 Å². The number of nitrogens with one attached hydrogen (secondary N) is 2. The highest BCUT2D eigenvalue weighted by molar-refractivity contribution is 14.0. The number of guanidine groups is 1. The highest BCUT2D eigenvalue weighted by Gasteiger charge is 2.34. The van der Waals surface area contributed by atoms with Gasteiger partial charge >= 0.3 is 6.09 Å². The average molecular weight is 483 g/mol. The van der Waals surface area contributed by atoms with E-state index in [0.29, 0.717) is 19.6 Å². The minimum absolute atomic E-state index is 0. The number of rotatable bonds is 4. The van der Waals surface area contributed by atoms with Crippen molar-refractivity contribution in [2.45, 2.75) is 45.4 Å². The van der Waals surface area contributed by atoms with Gasteiger partial charge in [-0.25, -0.2) is 4.79 Å². The zero-order chi connectivity index (χ0) is 18.4. The molecule has 1 atom stereocenters. The summed E-state index contributed by atoms with van der Waals surface area (Å²) < 4.78 is 11.1. The second-order valence-corrected chi connectivity index (χ2v) is 7.70. The van der Waals surface area contributed by atoms with E-state index < -0.39 is 5.60 Å². The van der Waals surface area contributed by atoms with Crippen molar-refractivity contribution in [3.05, 3.63) is 0 Å². The van der Waals surface area contributed by atoms with Crippen molar-refractivity contribution in [3.63, 3.8) is 0 Å². The molecule has 0 saturated carbocycles. The first-order valence-electron chi connectivity index (χ1n) is 9.09. The highest BCUT2D eigenvalue weighted by Crippen LogP contribution is 2.15. The summed E-state index contributed by atoms with van der Waals surface area (Å²) in [6.45, 7) is 13.0. The monoisotopic (exact) mass is 483 g/mol. The molecule has 2 aliphatic heterocycles. The van der Waals surface area contributed by atoms with Crippen molar-refractivity contribution in [1.29, 1.82) is 0 Å². The van der Waals surface area contributed by atoms with E-state index in [0.717, 1.165) is 32.2 Å². The normalized spacial score (nSPS) is 22.3. The number of hydrogen-bond donors (Lipinski definition) is 2. The van der Waals surface area contributed by atoms with E-state index in [1.165, 1.54) is 0 Å². The zero-order valence-corrected chi connectivity index (χ0v) is 18.9. The summed E-state index contributed by atoms with van der Waals surface area (Å²) in [5.41, 5.74) is -0.459. The summed E-state index contributed by atoms with van der Waals surface area (Å²) in [6.07, 6.45) is -0.125. The third kappa shape index (κ3) is 7.83. The van der Waals surface area contributed by atoms with Gasteiger partial charge in [-0.2, -0.15) is 0 Å². The van der Waals surface area contributed by atoms with Crippen LogP contribution in [0, 0.1) is 0 Å². The number of halogens is 1.